The van der Waals surface area contributed by atoms with E-state index in [4.69, 9.17) is 0 Å². The van der Waals surface area contributed by atoms with E-state index in [1.54, 1.807) is 0 Å². The Morgan fingerprint density at radius 2 is 2.00 bits per heavy atom. The van der Waals surface area contributed by atoms with Gasteiger partial charge in [-0.3, -0.25) is 4.68 Å². The van der Waals surface area contributed by atoms with Gasteiger partial charge in [0.05, 0.1) is 22.4 Å². The number of benzene rings is 1. The lowest BCUT2D eigenvalue weighted by Crippen LogP contribution is -2.28. The Morgan fingerprint density at radius 3 is 2.53 bits per heavy atom. The van der Waals surface area contributed by atoms with Crippen LogP contribution in [-0.4, -0.2) is 16.3 Å². The predicted molar refractivity (Wildman–Crippen MR) is 82.2 cm³/mol. The van der Waals surface area contributed by atoms with Gasteiger partial charge in [-0.2, -0.15) is 5.10 Å². The third-order valence-corrected chi connectivity index (χ3v) is 4.09. The summed E-state index contributed by atoms with van der Waals surface area (Å²) in [6.07, 6.45) is 1.86. The van der Waals surface area contributed by atoms with Gasteiger partial charge in [0, 0.05) is 13.0 Å². The van der Waals surface area contributed by atoms with Crippen LogP contribution < -0.4 is 5.32 Å². The van der Waals surface area contributed by atoms with Crippen molar-refractivity contribution in [3.05, 3.63) is 52.3 Å². The second kappa shape index (κ2) is 6.35. The first kappa shape index (κ1) is 14.3. The molecule has 19 heavy (non-hydrogen) atoms. The molecule has 3 nitrogen and oxygen atoms in total. The van der Waals surface area contributed by atoms with Crippen LogP contribution in [0.1, 0.15) is 37.1 Å². The molecule has 4 heteroatoms. The number of nitrogens with zero attached hydrogens (tertiary/aromatic N) is 2. The van der Waals surface area contributed by atoms with E-state index in [1.807, 2.05) is 17.9 Å². The van der Waals surface area contributed by atoms with Crippen LogP contribution in [0.25, 0.3) is 0 Å². The smallest absolute Gasteiger partial charge is 0.0698 e. The molecule has 0 bridgehead atoms. The molecule has 0 spiro atoms. The van der Waals surface area contributed by atoms with E-state index in [-0.39, 0.29) is 6.04 Å². The number of aryl methyl sites for hydroxylation is 1. The second-order valence-corrected chi connectivity index (χ2v) is 5.59. The molecule has 1 heterocycles. The zero-order chi connectivity index (χ0) is 13.8. The number of likely N-dealkylation sites (N-methyl/N-ethyl adjacent to an activating group) is 1. The molecule has 102 valence electrons. The Hall–Kier alpha value is -1.13. The summed E-state index contributed by atoms with van der Waals surface area (Å²) in [6.45, 7) is 5.32. The molecule has 0 radical (unpaired) electrons. The van der Waals surface area contributed by atoms with Gasteiger partial charge in [0.1, 0.15) is 0 Å². The van der Waals surface area contributed by atoms with Crippen LogP contribution in [0.5, 0.6) is 0 Å². The van der Waals surface area contributed by atoms with Gasteiger partial charge in [-0.25, -0.2) is 0 Å². The minimum absolute atomic E-state index is 0.245. The number of hydrogen-bond acceptors (Lipinski definition) is 2. The summed E-state index contributed by atoms with van der Waals surface area (Å²) in [6, 6.07) is 10.8. The van der Waals surface area contributed by atoms with Crippen LogP contribution in [0.4, 0.5) is 0 Å². The highest BCUT2D eigenvalue weighted by molar-refractivity contribution is 9.10. The SMILES string of the molecule is CCNC(c1c(Br)cnn1C)C(C)c1ccccc1. The Labute approximate surface area is 123 Å². The maximum atomic E-state index is 4.33. The standard InChI is InChI=1S/C15H20BrN3/c1-4-17-14(15-13(16)10-18-19(15)3)11(2)12-8-6-5-7-9-12/h5-11,14,17H,4H2,1-3H3. The Morgan fingerprint density at radius 1 is 1.32 bits per heavy atom. The first-order chi connectivity index (χ1) is 9.15. The molecular weight excluding hydrogens is 302 g/mol. The highest BCUT2D eigenvalue weighted by Gasteiger charge is 2.24. The first-order valence-electron chi connectivity index (χ1n) is 6.60. The number of rotatable bonds is 5. The van der Waals surface area contributed by atoms with Crippen LogP contribution in [0, 0.1) is 0 Å². The third kappa shape index (κ3) is 3.07. The normalized spacial score (nSPS) is 14.3. The summed E-state index contributed by atoms with van der Waals surface area (Å²) in [7, 11) is 1.99. The summed E-state index contributed by atoms with van der Waals surface area (Å²) in [4.78, 5) is 0. The molecule has 0 saturated heterocycles. The van der Waals surface area contributed by atoms with E-state index in [1.165, 1.54) is 11.3 Å². The molecule has 2 aromatic rings. The van der Waals surface area contributed by atoms with Crippen molar-refractivity contribution in [3.8, 4) is 0 Å². The molecule has 1 aromatic carbocycles. The Kier molecular flexibility index (Phi) is 4.77. The van der Waals surface area contributed by atoms with Crippen molar-refractivity contribution in [1.82, 2.24) is 15.1 Å². The van der Waals surface area contributed by atoms with E-state index in [0.717, 1.165) is 11.0 Å². The van der Waals surface area contributed by atoms with Crippen LogP contribution >= 0.6 is 15.9 Å². The van der Waals surface area contributed by atoms with Crippen molar-refractivity contribution in [2.45, 2.75) is 25.8 Å². The van der Waals surface area contributed by atoms with E-state index < -0.39 is 0 Å². The van der Waals surface area contributed by atoms with Crippen molar-refractivity contribution in [1.29, 1.82) is 0 Å². The maximum Gasteiger partial charge on any atom is 0.0698 e. The van der Waals surface area contributed by atoms with Gasteiger partial charge in [-0.05, 0) is 28.0 Å². The summed E-state index contributed by atoms with van der Waals surface area (Å²) < 4.78 is 3.00. The van der Waals surface area contributed by atoms with Crippen molar-refractivity contribution < 1.29 is 0 Å². The summed E-state index contributed by atoms with van der Waals surface area (Å²) in [5.74, 6) is 0.382. The van der Waals surface area contributed by atoms with Gasteiger partial charge in [-0.15, -0.1) is 0 Å². The van der Waals surface area contributed by atoms with E-state index in [0.29, 0.717) is 5.92 Å². The Balaban J connectivity index is 2.36. The van der Waals surface area contributed by atoms with Crippen molar-refractivity contribution in [3.63, 3.8) is 0 Å². The van der Waals surface area contributed by atoms with E-state index in [9.17, 15) is 0 Å². The lowest BCUT2D eigenvalue weighted by Gasteiger charge is -2.26. The molecule has 0 saturated carbocycles. The van der Waals surface area contributed by atoms with Crippen LogP contribution in [0.2, 0.25) is 0 Å². The fraction of sp³-hybridized carbons (Fsp3) is 0.400. The zero-order valence-electron chi connectivity index (χ0n) is 11.6. The summed E-state index contributed by atoms with van der Waals surface area (Å²) in [5.41, 5.74) is 2.53. The average Bonchev–Trinajstić information content (AvgIpc) is 2.76. The average molecular weight is 322 g/mol. The van der Waals surface area contributed by atoms with Crippen molar-refractivity contribution >= 4 is 15.9 Å². The van der Waals surface area contributed by atoms with Gasteiger partial charge in [0.2, 0.25) is 0 Å². The molecule has 0 aliphatic rings. The number of aromatic nitrogens is 2. The fourth-order valence-electron chi connectivity index (χ4n) is 2.45. The molecule has 1 aromatic heterocycles. The fourth-order valence-corrected chi connectivity index (χ4v) is 3.04. The maximum absolute atomic E-state index is 4.33. The van der Waals surface area contributed by atoms with Crippen LogP contribution in [0.15, 0.2) is 41.0 Å². The molecule has 2 rings (SSSR count). The summed E-state index contributed by atoms with van der Waals surface area (Å²) >= 11 is 3.61. The van der Waals surface area contributed by atoms with Gasteiger partial charge in [-0.1, -0.05) is 44.2 Å². The molecule has 2 atom stereocenters. The molecule has 0 fully saturated rings. The van der Waals surface area contributed by atoms with Crippen LogP contribution in [0.3, 0.4) is 0 Å². The molecule has 0 aliphatic heterocycles. The summed E-state index contributed by atoms with van der Waals surface area (Å²) in [5, 5.41) is 7.90. The van der Waals surface area contributed by atoms with Gasteiger partial charge in [0.25, 0.3) is 0 Å². The van der Waals surface area contributed by atoms with Gasteiger partial charge < -0.3 is 5.32 Å². The van der Waals surface area contributed by atoms with Crippen molar-refractivity contribution in [2.24, 2.45) is 7.05 Å². The van der Waals surface area contributed by atoms with Gasteiger partial charge in [0.15, 0.2) is 0 Å². The molecule has 2 unspecified atom stereocenters. The predicted octanol–water partition coefficient (Wildman–Crippen LogP) is 3.64. The van der Waals surface area contributed by atoms with Gasteiger partial charge >= 0.3 is 0 Å². The number of hydrogen-bond donors (Lipinski definition) is 1. The number of nitrogens with one attached hydrogen (secondary N) is 1. The molecule has 0 aliphatic carbocycles. The quantitative estimate of drug-likeness (QED) is 0.911. The Bertz CT molecular complexity index is 502. The number of halogens is 1. The monoisotopic (exact) mass is 321 g/mol. The topological polar surface area (TPSA) is 29.9 Å². The van der Waals surface area contributed by atoms with E-state index in [2.05, 4.69) is 70.5 Å². The third-order valence-electron chi connectivity index (χ3n) is 3.48. The second-order valence-electron chi connectivity index (χ2n) is 4.74. The molecule has 1 N–H and O–H groups in total. The van der Waals surface area contributed by atoms with E-state index >= 15 is 0 Å². The first-order valence-corrected chi connectivity index (χ1v) is 7.40. The molecule has 0 amide bonds. The lowest BCUT2D eigenvalue weighted by atomic mass is 9.91. The van der Waals surface area contributed by atoms with Crippen molar-refractivity contribution in [2.75, 3.05) is 6.54 Å². The lowest BCUT2D eigenvalue weighted by molar-refractivity contribution is 0.447. The molecular formula is C15H20BrN3. The van der Waals surface area contributed by atoms with Crippen LogP contribution in [-0.2, 0) is 7.05 Å². The minimum atomic E-state index is 0.245. The highest BCUT2D eigenvalue weighted by Crippen LogP contribution is 2.33. The highest BCUT2D eigenvalue weighted by atomic mass is 79.9. The minimum Gasteiger partial charge on any atom is -0.308 e. The zero-order valence-corrected chi connectivity index (χ0v) is 13.2. The largest absolute Gasteiger partial charge is 0.308 e.